The number of rotatable bonds is 11. The van der Waals surface area contributed by atoms with E-state index in [1.165, 1.54) is 4.90 Å². The van der Waals surface area contributed by atoms with Crippen molar-refractivity contribution in [3.63, 3.8) is 0 Å². The molecule has 8 rings (SSSR count). The zero-order chi connectivity index (χ0) is 45.6. The van der Waals surface area contributed by atoms with Crippen LogP contribution in [0.25, 0.3) is 10.9 Å². The van der Waals surface area contributed by atoms with Gasteiger partial charge in [0.1, 0.15) is 0 Å². The summed E-state index contributed by atoms with van der Waals surface area (Å²) in [5, 5.41) is 6.65. The van der Waals surface area contributed by atoms with E-state index in [4.69, 9.17) is 23.9 Å². The van der Waals surface area contributed by atoms with Gasteiger partial charge in [-0.15, -0.1) is 0 Å². The Labute approximate surface area is 387 Å². The Morgan fingerprint density at radius 2 is 1.88 bits per heavy atom. The third-order valence-electron chi connectivity index (χ3n) is 13.5. The van der Waals surface area contributed by atoms with Crippen LogP contribution in [0, 0.1) is 18.3 Å². The molecule has 5 heterocycles. The number of carbonyl (C=O) groups excluding carboxylic acids is 4. The number of hydrogen-bond donors (Lipinski definition) is 3. The van der Waals surface area contributed by atoms with Crippen LogP contribution in [0.4, 0.5) is 4.79 Å². The van der Waals surface area contributed by atoms with E-state index in [0.717, 1.165) is 93.6 Å². The van der Waals surface area contributed by atoms with Crippen LogP contribution in [-0.4, -0.2) is 130 Å². The molecule has 4 amide bonds. The minimum absolute atomic E-state index is 0.0283. The summed E-state index contributed by atoms with van der Waals surface area (Å²) in [6.45, 7) is 17.5. The molecule has 16 nitrogen and oxygen atoms in total. The minimum atomic E-state index is -4.00. The van der Waals surface area contributed by atoms with Crippen molar-refractivity contribution in [2.75, 3.05) is 46.0 Å². The van der Waals surface area contributed by atoms with Crippen LogP contribution in [0.1, 0.15) is 96.6 Å². The summed E-state index contributed by atoms with van der Waals surface area (Å²) >= 11 is -1.08. The number of fused-ring (bicyclic) bond motifs is 5. The van der Waals surface area contributed by atoms with E-state index in [1.807, 2.05) is 39.8 Å². The average molecular weight is 1020 g/mol. The standard InChI is InChI=1S/C46H64IN6O10S/c1-7-36-46(47-36,42(56)51-64(58,59)45(6)16-17-45)50-39(54)34-26-30-27-53(34)41(55)38(44(3,4)5)49-43(57)63-35-25-29(35)12-9-8-10-13-32-37(61-21-11-18-52-19-22-60-23-20-52)31-15-14-28(2)24-33(31)48-40(32)62-30/h7,14-15,24,29-30,34-36,38H,1,8-13,16-23,25-27H2,2-6H3,(H,49,57)(H,50,54)(H,51,56)/q-1/t29-,30-,34+,35-,36+,38-,46-/m1/s1. The summed E-state index contributed by atoms with van der Waals surface area (Å²) in [5.74, 6) is -0.579. The summed E-state index contributed by atoms with van der Waals surface area (Å²) in [7, 11) is -4.00. The monoisotopic (exact) mass is 1020 g/mol. The topological polar surface area (TPSA) is 195 Å². The van der Waals surface area contributed by atoms with E-state index in [0.29, 0.717) is 37.3 Å². The van der Waals surface area contributed by atoms with E-state index in [9.17, 15) is 27.6 Å². The first-order valence-corrected chi connectivity index (χ1v) is 26.7. The van der Waals surface area contributed by atoms with Gasteiger partial charge in [0.25, 0.3) is 0 Å². The molecule has 4 aliphatic heterocycles. The van der Waals surface area contributed by atoms with Crippen LogP contribution in [0.2, 0.25) is 0 Å². The molecule has 2 aromatic rings. The molecular formula is C46H64IN6O10S-. The second-order valence-corrected chi connectivity index (χ2v) is 25.6. The molecule has 2 bridgehead atoms. The Morgan fingerprint density at radius 1 is 1.11 bits per heavy atom. The number of ether oxygens (including phenoxy) is 4. The van der Waals surface area contributed by atoms with Crippen molar-refractivity contribution >= 4 is 44.7 Å². The molecule has 64 heavy (non-hydrogen) atoms. The first-order valence-electron chi connectivity index (χ1n) is 22.9. The molecule has 352 valence electrons. The second kappa shape index (κ2) is 18.5. The van der Waals surface area contributed by atoms with Gasteiger partial charge < -0.3 is 4.74 Å². The van der Waals surface area contributed by atoms with Gasteiger partial charge >= 0.3 is 314 Å². The molecule has 2 aliphatic carbocycles. The van der Waals surface area contributed by atoms with Crippen molar-refractivity contribution in [1.29, 1.82) is 0 Å². The van der Waals surface area contributed by atoms with E-state index in [-0.39, 0.29) is 25.0 Å². The Hall–Kier alpha value is -3.75. The molecule has 0 radical (unpaired) electrons. The molecule has 0 unspecified atom stereocenters. The number of aromatic nitrogens is 1. The van der Waals surface area contributed by atoms with Crippen molar-refractivity contribution in [2.45, 2.75) is 135 Å². The SMILES string of the molecule is C=C[C@@H]1[I-][C@]1(NC(=O)[C@@H]1C[C@@H]2CN1C(=O)[C@H](C(C)(C)C)NC(=O)O[C@@H]1C[C@H]1CCCCCc1c(nc3cc(C)ccc3c1OCCCN1CCOCC1)O2)C(=O)NS(=O)(=O)C1(C)CC1. The van der Waals surface area contributed by atoms with Crippen LogP contribution in [-0.2, 0) is 40.3 Å². The third kappa shape index (κ3) is 10.1. The predicted octanol–water partition coefficient (Wildman–Crippen LogP) is 1.11. The number of halogens is 1. The molecular weight excluding hydrogens is 956 g/mol. The fourth-order valence-electron chi connectivity index (χ4n) is 9.04. The number of aryl methyl sites for hydroxylation is 1. The Balaban J connectivity index is 1.12. The second-order valence-electron chi connectivity index (χ2n) is 19.7. The number of pyridine rings is 1. The number of alkyl carbamates (subject to hydrolysis) is 1. The molecule has 7 atom stereocenters. The molecule has 2 saturated carbocycles. The Kier molecular flexibility index (Phi) is 13.5. The van der Waals surface area contributed by atoms with Gasteiger partial charge in [0.2, 0.25) is 0 Å². The van der Waals surface area contributed by atoms with Crippen molar-refractivity contribution in [3.05, 3.63) is 42.0 Å². The van der Waals surface area contributed by atoms with Crippen LogP contribution >= 0.6 is 0 Å². The average Bonchev–Trinajstić information content (AvgIpc) is 4.21. The molecule has 1 aromatic heterocycles. The maximum absolute atomic E-state index is 14.9. The van der Waals surface area contributed by atoms with E-state index < -0.39 is 90.9 Å². The maximum atomic E-state index is 14.9. The number of benzene rings is 1. The van der Waals surface area contributed by atoms with Crippen LogP contribution in [0.5, 0.6) is 11.6 Å². The Morgan fingerprint density at radius 3 is 2.58 bits per heavy atom. The predicted molar refractivity (Wildman–Crippen MR) is 235 cm³/mol. The number of hydrogen-bond acceptors (Lipinski definition) is 12. The fourth-order valence-corrected chi connectivity index (χ4v) is 13.2. The number of alkyl halides is 2. The summed E-state index contributed by atoms with van der Waals surface area (Å²) in [6, 6.07) is 3.86. The zero-order valence-corrected chi connectivity index (χ0v) is 40.7. The molecule has 0 spiro atoms. The zero-order valence-electron chi connectivity index (χ0n) is 37.7. The Bertz CT molecular complexity index is 2260. The van der Waals surface area contributed by atoms with Crippen LogP contribution < -0.4 is 46.0 Å². The van der Waals surface area contributed by atoms with Gasteiger partial charge in [-0.1, -0.05) is 12.5 Å². The van der Waals surface area contributed by atoms with Crippen molar-refractivity contribution in [3.8, 4) is 11.6 Å². The summed E-state index contributed by atoms with van der Waals surface area (Å²) in [6.07, 6.45) is 6.65. The number of morpholine rings is 1. The van der Waals surface area contributed by atoms with Gasteiger partial charge in [0, 0.05) is 19.6 Å². The van der Waals surface area contributed by atoms with Crippen LogP contribution in [0.3, 0.4) is 0 Å². The van der Waals surface area contributed by atoms with Crippen molar-refractivity contribution < 1.29 is 67.7 Å². The number of carbonyl (C=O) groups is 4. The van der Waals surface area contributed by atoms with Gasteiger partial charge in [-0.05, 0) is 19.8 Å². The summed E-state index contributed by atoms with van der Waals surface area (Å²) in [4.78, 5) is 65.8. The first kappa shape index (κ1) is 46.8. The van der Waals surface area contributed by atoms with Gasteiger partial charge in [0.05, 0.1) is 13.2 Å². The molecule has 5 fully saturated rings. The van der Waals surface area contributed by atoms with E-state index in [2.05, 4.69) is 32.9 Å². The van der Waals surface area contributed by atoms with Gasteiger partial charge in [-0.3, -0.25) is 4.90 Å². The summed E-state index contributed by atoms with van der Waals surface area (Å²) in [5.41, 5.74) is 1.75. The van der Waals surface area contributed by atoms with Crippen LogP contribution in [0.15, 0.2) is 30.9 Å². The van der Waals surface area contributed by atoms with Gasteiger partial charge in [0.15, 0.2) is 0 Å². The van der Waals surface area contributed by atoms with E-state index in [1.54, 1.807) is 13.0 Å². The number of nitrogens with zero attached hydrogens (tertiary/aromatic N) is 3. The molecule has 18 heteroatoms. The molecule has 6 aliphatic rings. The molecule has 3 N–H and O–H groups in total. The quantitative estimate of drug-likeness (QED) is 0.0957. The van der Waals surface area contributed by atoms with E-state index >= 15 is 0 Å². The summed E-state index contributed by atoms with van der Waals surface area (Å²) < 4.78 is 50.8. The van der Waals surface area contributed by atoms with Crippen molar-refractivity contribution in [2.24, 2.45) is 11.3 Å². The number of nitrogens with one attached hydrogen (secondary N) is 3. The van der Waals surface area contributed by atoms with Crippen molar-refractivity contribution in [1.82, 2.24) is 30.1 Å². The van der Waals surface area contributed by atoms with Gasteiger partial charge in [-0.2, -0.15) is 0 Å². The first-order chi connectivity index (χ1) is 30.4. The third-order valence-corrected chi connectivity index (χ3v) is 19.5. The van der Waals surface area contributed by atoms with Gasteiger partial charge in [-0.25, -0.2) is 0 Å². The number of amides is 4. The normalized spacial score (nSPS) is 29.8. The number of sulfonamides is 1. The fraction of sp³-hybridized carbons (Fsp3) is 0.674. The molecule has 3 saturated heterocycles. The molecule has 1 aromatic carbocycles.